The third kappa shape index (κ3) is 3.63. The van der Waals surface area contributed by atoms with E-state index in [1.54, 1.807) is 0 Å². The van der Waals surface area contributed by atoms with E-state index >= 15 is 0 Å². The summed E-state index contributed by atoms with van der Waals surface area (Å²) in [5.41, 5.74) is 0. The SMILES string of the molecule is CCCCOC1C(O)[C@@H](OC)[C@H](CO)O[C@H]1C. The Labute approximate surface area is 103 Å². The number of aliphatic hydroxyl groups is 2. The van der Waals surface area contributed by atoms with Crippen LogP contribution in [0.1, 0.15) is 26.7 Å². The summed E-state index contributed by atoms with van der Waals surface area (Å²) in [7, 11) is 1.50. The Morgan fingerprint density at radius 1 is 1.29 bits per heavy atom. The van der Waals surface area contributed by atoms with Gasteiger partial charge in [-0.05, 0) is 13.3 Å². The van der Waals surface area contributed by atoms with Crippen LogP contribution in [-0.2, 0) is 14.2 Å². The normalized spacial score (nSPS) is 38.3. The Morgan fingerprint density at radius 3 is 2.53 bits per heavy atom. The molecule has 1 rings (SSSR count). The van der Waals surface area contributed by atoms with Crippen LogP contribution >= 0.6 is 0 Å². The molecule has 1 heterocycles. The first-order valence-electron chi connectivity index (χ1n) is 6.24. The van der Waals surface area contributed by atoms with E-state index in [0.29, 0.717) is 6.61 Å². The largest absolute Gasteiger partial charge is 0.394 e. The quantitative estimate of drug-likeness (QED) is 0.663. The van der Waals surface area contributed by atoms with E-state index in [2.05, 4.69) is 6.92 Å². The molecule has 1 saturated heterocycles. The van der Waals surface area contributed by atoms with Gasteiger partial charge in [0.2, 0.25) is 0 Å². The molecule has 1 aliphatic heterocycles. The minimum Gasteiger partial charge on any atom is -0.394 e. The molecule has 0 saturated carbocycles. The lowest BCUT2D eigenvalue weighted by Gasteiger charge is -2.42. The Kier molecular flexibility index (Phi) is 6.37. The number of hydrogen-bond acceptors (Lipinski definition) is 5. The molecule has 0 aliphatic carbocycles. The standard InChI is InChI=1S/C12H24O5/c1-4-5-6-16-11-8(2)17-9(7-13)12(15-3)10(11)14/h8-14H,4-7H2,1-3H3/t8-,9-,10?,11?,12-/m0/s1. The van der Waals surface area contributed by atoms with E-state index in [9.17, 15) is 10.2 Å². The van der Waals surface area contributed by atoms with Gasteiger partial charge < -0.3 is 24.4 Å². The molecule has 2 unspecified atom stereocenters. The summed E-state index contributed by atoms with van der Waals surface area (Å²) in [4.78, 5) is 0. The highest BCUT2D eigenvalue weighted by atomic mass is 16.6. The second kappa shape index (κ2) is 7.28. The van der Waals surface area contributed by atoms with Crippen LogP contribution in [-0.4, -0.2) is 61.1 Å². The van der Waals surface area contributed by atoms with Crippen molar-refractivity contribution >= 4 is 0 Å². The zero-order valence-corrected chi connectivity index (χ0v) is 10.8. The highest BCUT2D eigenvalue weighted by Gasteiger charge is 2.43. The lowest BCUT2D eigenvalue weighted by atomic mass is 9.95. The van der Waals surface area contributed by atoms with Crippen molar-refractivity contribution in [2.75, 3.05) is 20.3 Å². The van der Waals surface area contributed by atoms with Crippen molar-refractivity contribution in [1.82, 2.24) is 0 Å². The number of ether oxygens (including phenoxy) is 3. The molecule has 0 bridgehead atoms. The summed E-state index contributed by atoms with van der Waals surface area (Å²) in [5, 5.41) is 19.3. The Bertz CT molecular complexity index is 211. The first-order chi connectivity index (χ1) is 8.15. The number of rotatable bonds is 6. The van der Waals surface area contributed by atoms with Gasteiger partial charge in [0.1, 0.15) is 24.4 Å². The molecule has 0 amide bonds. The first kappa shape index (κ1) is 14.9. The molecule has 17 heavy (non-hydrogen) atoms. The zero-order valence-electron chi connectivity index (χ0n) is 10.8. The number of unbranched alkanes of at least 4 members (excludes halogenated alkanes) is 1. The van der Waals surface area contributed by atoms with Gasteiger partial charge in [-0.3, -0.25) is 0 Å². The predicted molar refractivity (Wildman–Crippen MR) is 62.9 cm³/mol. The van der Waals surface area contributed by atoms with Gasteiger partial charge >= 0.3 is 0 Å². The Morgan fingerprint density at radius 2 is 2.00 bits per heavy atom. The highest BCUT2D eigenvalue weighted by Crippen LogP contribution is 2.25. The molecule has 5 heteroatoms. The van der Waals surface area contributed by atoms with Gasteiger partial charge in [0, 0.05) is 13.7 Å². The van der Waals surface area contributed by atoms with Gasteiger partial charge in [0.05, 0.1) is 12.7 Å². The minimum absolute atomic E-state index is 0.165. The third-order valence-corrected chi connectivity index (χ3v) is 3.15. The fourth-order valence-electron chi connectivity index (χ4n) is 2.15. The van der Waals surface area contributed by atoms with Crippen molar-refractivity contribution < 1.29 is 24.4 Å². The Hall–Kier alpha value is -0.200. The van der Waals surface area contributed by atoms with E-state index < -0.39 is 24.4 Å². The van der Waals surface area contributed by atoms with Crippen molar-refractivity contribution in [3.63, 3.8) is 0 Å². The molecule has 0 aromatic carbocycles. The van der Waals surface area contributed by atoms with Crippen LogP contribution < -0.4 is 0 Å². The summed E-state index contributed by atoms with van der Waals surface area (Å²) < 4.78 is 16.4. The molecule has 5 atom stereocenters. The molecule has 102 valence electrons. The van der Waals surface area contributed by atoms with E-state index in [1.807, 2.05) is 6.92 Å². The van der Waals surface area contributed by atoms with E-state index in [4.69, 9.17) is 14.2 Å². The lowest BCUT2D eigenvalue weighted by Crippen LogP contribution is -2.59. The maximum atomic E-state index is 10.2. The number of methoxy groups -OCH3 is 1. The van der Waals surface area contributed by atoms with Gasteiger partial charge in [0.25, 0.3) is 0 Å². The summed E-state index contributed by atoms with van der Waals surface area (Å²) in [6, 6.07) is 0. The smallest absolute Gasteiger partial charge is 0.114 e. The number of hydrogen-bond donors (Lipinski definition) is 2. The van der Waals surface area contributed by atoms with Crippen LogP contribution in [0.15, 0.2) is 0 Å². The average Bonchev–Trinajstić information content (AvgIpc) is 2.32. The van der Waals surface area contributed by atoms with Crippen LogP contribution in [0.5, 0.6) is 0 Å². The fraction of sp³-hybridized carbons (Fsp3) is 1.00. The maximum absolute atomic E-state index is 10.2. The van der Waals surface area contributed by atoms with Gasteiger partial charge in [-0.2, -0.15) is 0 Å². The topological polar surface area (TPSA) is 68.2 Å². The Balaban J connectivity index is 2.58. The second-order valence-corrected chi connectivity index (χ2v) is 4.44. The molecular weight excluding hydrogens is 224 g/mol. The van der Waals surface area contributed by atoms with Gasteiger partial charge in [-0.25, -0.2) is 0 Å². The van der Waals surface area contributed by atoms with Crippen LogP contribution in [0.4, 0.5) is 0 Å². The van der Waals surface area contributed by atoms with Crippen molar-refractivity contribution in [3.8, 4) is 0 Å². The molecule has 1 fully saturated rings. The molecule has 2 N–H and O–H groups in total. The summed E-state index contributed by atoms with van der Waals surface area (Å²) in [6.07, 6.45) is -0.432. The van der Waals surface area contributed by atoms with Crippen molar-refractivity contribution in [1.29, 1.82) is 0 Å². The van der Waals surface area contributed by atoms with E-state index in [0.717, 1.165) is 12.8 Å². The first-order valence-corrected chi connectivity index (χ1v) is 6.24. The summed E-state index contributed by atoms with van der Waals surface area (Å²) in [5.74, 6) is 0. The van der Waals surface area contributed by atoms with E-state index in [1.165, 1.54) is 7.11 Å². The minimum atomic E-state index is -0.766. The zero-order chi connectivity index (χ0) is 12.8. The molecule has 1 aliphatic rings. The summed E-state index contributed by atoms with van der Waals surface area (Å²) in [6.45, 7) is 4.36. The van der Waals surface area contributed by atoms with Crippen LogP contribution in [0.2, 0.25) is 0 Å². The molecule has 5 nitrogen and oxygen atoms in total. The van der Waals surface area contributed by atoms with Crippen molar-refractivity contribution in [2.24, 2.45) is 0 Å². The third-order valence-electron chi connectivity index (χ3n) is 3.15. The maximum Gasteiger partial charge on any atom is 0.114 e. The monoisotopic (exact) mass is 248 g/mol. The van der Waals surface area contributed by atoms with Crippen molar-refractivity contribution in [3.05, 3.63) is 0 Å². The lowest BCUT2D eigenvalue weighted by molar-refractivity contribution is -0.243. The van der Waals surface area contributed by atoms with Crippen molar-refractivity contribution in [2.45, 2.75) is 57.2 Å². The molecule has 0 aromatic heterocycles. The highest BCUT2D eigenvalue weighted by molar-refractivity contribution is 4.92. The molecule has 0 spiro atoms. The molecular formula is C12H24O5. The van der Waals surface area contributed by atoms with Gasteiger partial charge in [0.15, 0.2) is 0 Å². The predicted octanol–water partition coefficient (Wildman–Crippen LogP) is 0.327. The molecule has 0 radical (unpaired) electrons. The van der Waals surface area contributed by atoms with Gasteiger partial charge in [-0.1, -0.05) is 13.3 Å². The van der Waals surface area contributed by atoms with Crippen LogP contribution in [0.25, 0.3) is 0 Å². The van der Waals surface area contributed by atoms with Crippen LogP contribution in [0, 0.1) is 0 Å². The molecule has 0 aromatic rings. The summed E-state index contributed by atoms with van der Waals surface area (Å²) >= 11 is 0. The second-order valence-electron chi connectivity index (χ2n) is 4.44. The van der Waals surface area contributed by atoms with E-state index in [-0.39, 0.29) is 12.7 Å². The van der Waals surface area contributed by atoms with Crippen LogP contribution in [0.3, 0.4) is 0 Å². The fourth-order valence-corrected chi connectivity index (χ4v) is 2.15. The van der Waals surface area contributed by atoms with Gasteiger partial charge in [-0.15, -0.1) is 0 Å². The number of aliphatic hydroxyl groups excluding tert-OH is 2. The average molecular weight is 248 g/mol.